The summed E-state index contributed by atoms with van der Waals surface area (Å²) in [6.45, 7) is 7.68. The second kappa shape index (κ2) is 12.4. The van der Waals surface area contributed by atoms with Crippen LogP contribution in [0, 0.1) is 0 Å². The maximum absolute atomic E-state index is 6.18. The molecule has 7 heteroatoms. The minimum absolute atomic E-state index is 0.584. The van der Waals surface area contributed by atoms with Crippen LogP contribution in [0.15, 0.2) is 48.5 Å². The fourth-order valence-corrected chi connectivity index (χ4v) is 3.48. The maximum atomic E-state index is 6.18. The second-order valence-corrected chi connectivity index (χ2v) is 7.36. The van der Waals surface area contributed by atoms with Crippen LogP contribution >= 0.6 is 0 Å². The molecule has 30 heavy (non-hydrogen) atoms. The van der Waals surface area contributed by atoms with E-state index in [4.69, 9.17) is 25.7 Å². The number of nitrogens with two attached hydrogens (primary N) is 2. The average molecular weight is 415 g/mol. The fourth-order valence-electron chi connectivity index (χ4n) is 3.48. The Kier molecular flexibility index (Phi) is 9.24. The van der Waals surface area contributed by atoms with E-state index in [0.717, 1.165) is 55.3 Å². The summed E-state index contributed by atoms with van der Waals surface area (Å²) in [6, 6.07) is 15.9. The predicted molar refractivity (Wildman–Crippen MR) is 122 cm³/mol. The number of benzene rings is 2. The lowest BCUT2D eigenvalue weighted by Crippen LogP contribution is -2.33. The Morgan fingerprint density at radius 1 is 0.633 bits per heavy atom. The minimum atomic E-state index is 0.584. The van der Waals surface area contributed by atoms with Gasteiger partial charge in [-0.1, -0.05) is 30.3 Å². The molecule has 2 aromatic rings. The van der Waals surface area contributed by atoms with Crippen LogP contribution in [0.3, 0.4) is 0 Å². The molecule has 2 aromatic carbocycles. The smallest absolute Gasteiger partial charge is 0.0701 e. The standard InChI is InChI=1S/C23H34N4O3/c24-21-6-2-1-5-20(21)19-26-9-13-28-15-11-27(23-8-4-3-7-22(23)25)12-16-30-18-17-29-14-10-26/h1-8H,9-19,24-25H2. The minimum Gasteiger partial charge on any atom is -0.398 e. The summed E-state index contributed by atoms with van der Waals surface area (Å²) in [5, 5.41) is 0. The largest absolute Gasteiger partial charge is 0.398 e. The highest BCUT2D eigenvalue weighted by Crippen LogP contribution is 2.22. The summed E-state index contributed by atoms with van der Waals surface area (Å²) < 4.78 is 17.5. The molecule has 0 amide bonds. The monoisotopic (exact) mass is 414 g/mol. The van der Waals surface area contributed by atoms with Gasteiger partial charge in [0, 0.05) is 38.4 Å². The molecule has 1 heterocycles. The van der Waals surface area contributed by atoms with Crippen molar-refractivity contribution in [3.63, 3.8) is 0 Å². The van der Waals surface area contributed by atoms with Crippen molar-refractivity contribution in [3.05, 3.63) is 54.1 Å². The van der Waals surface area contributed by atoms with E-state index in [-0.39, 0.29) is 0 Å². The molecule has 0 atom stereocenters. The third kappa shape index (κ3) is 7.18. The highest BCUT2D eigenvalue weighted by atomic mass is 16.5. The van der Waals surface area contributed by atoms with Crippen LogP contribution in [0.5, 0.6) is 0 Å². The molecule has 0 radical (unpaired) electrons. The maximum Gasteiger partial charge on any atom is 0.0701 e. The lowest BCUT2D eigenvalue weighted by atomic mass is 10.1. The summed E-state index contributed by atoms with van der Waals surface area (Å²) in [7, 11) is 0. The average Bonchev–Trinajstić information content (AvgIpc) is 2.76. The SMILES string of the molecule is Nc1ccccc1CN1CCOCCOCCN(c2ccccc2N)CCOCC1. The Bertz CT molecular complexity index is 759. The number of anilines is 3. The van der Waals surface area contributed by atoms with Crippen LogP contribution in [-0.4, -0.2) is 70.7 Å². The quantitative estimate of drug-likeness (QED) is 0.745. The fraction of sp³-hybridized carbons (Fsp3) is 0.478. The van der Waals surface area contributed by atoms with Gasteiger partial charge in [-0.15, -0.1) is 0 Å². The summed E-state index contributed by atoms with van der Waals surface area (Å²) in [5.74, 6) is 0. The van der Waals surface area contributed by atoms with Gasteiger partial charge in [-0.25, -0.2) is 0 Å². The summed E-state index contributed by atoms with van der Waals surface area (Å²) >= 11 is 0. The first kappa shape index (κ1) is 22.4. The van der Waals surface area contributed by atoms with E-state index in [1.165, 1.54) is 0 Å². The van der Waals surface area contributed by atoms with Crippen molar-refractivity contribution >= 4 is 17.1 Å². The van der Waals surface area contributed by atoms with Crippen LogP contribution in [-0.2, 0) is 20.8 Å². The summed E-state index contributed by atoms with van der Waals surface area (Å²) in [6.07, 6.45) is 0. The van der Waals surface area contributed by atoms with Crippen LogP contribution in [0.1, 0.15) is 5.56 Å². The van der Waals surface area contributed by atoms with Gasteiger partial charge >= 0.3 is 0 Å². The van der Waals surface area contributed by atoms with Gasteiger partial charge in [-0.3, -0.25) is 4.90 Å². The number of para-hydroxylation sites is 3. The molecule has 4 N–H and O–H groups in total. The highest BCUT2D eigenvalue weighted by molar-refractivity contribution is 5.67. The van der Waals surface area contributed by atoms with Crippen molar-refractivity contribution in [3.8, 4) is 0 Å². The number of ether oxygens (including phenoxy) is 3. The van der Waals surface area contributed by atoms with Crippen LogP contribution in [0.2, 0.25) is 0 Å². The predicted octanol–water partition coefficient (Wildman–Crippen LogP) is 2.22. The molecular formula is C23H34N4O3. The van der Waals surface area contributed by atoms with Crippen molar-refractivity contribution in [1.82, 2.24) is 4.90 Å². The van der Waals surface area contributed by atoms with Gasteiger partial charge in [0.25, 0.3) is 0 Å². The first-order chi connectivity index (χ1) is 14.7. The van der Waals surface area contributed by atoms with E-state index in [1.807, 2.05) is 42.5 Å². The van der Waals surface area contributed by atoms with Gasteiger partial charge in [0.1, 0.15) is 0 Å². The zero-order valence-corrected chi connectivity index (χ0v) is 17.7. The van der Waals surface area contributed by atoms with Gasteiger partial charge in [-0.2, -0.15) is 0 Å². The van der Waals surface area contributed by atoms with E-state index in [2.05, 4.69) is 15.9 Å². The summed E-state index contributed by atoms with van der Waals surface area (Å²) in [5.41, 5.74) is 16.0. The highest BCUT2D eigenvalue weighted by Gasteiger charge is 2.12. The lowest BCUT2D eigenvalue weighted by Gasteiger charge is -2.26. The molecule has 1 aliphatic rings. The number of nitrogen functional groups attached to an aromatic ring is 2. The number of hydrogen-bond donors (Lipinski definition) is 2. The molecule has 164 valence electrons. The number of nitrogens with zero attached hydrogens (tertiary/aromatic N) is 2. The summed E-state index contributed by atoms with van der Waals surface area (Å²) in [4.78, 5) is 4.54. The lowest BCUT2D eigenvalue weighted by molar-refractivity contribution is 0.0370. The molecule has 0 spiro atoms. The molecule has 1 saturated heterocycles. The van der Waals surface area contributed by atoms with E-state index in [9.17, 15) is 0 Å². The van der Waals surface area contributed by atoms with Crippen molar-refractivity contribution in [2.75, 3.05) is 82.2 Å². The zero-order chi connectivity index (χ0) is 21.0. The molecule has 7 nitrogen and oxygen atoms in total. The Labute approximate surface area is 179 Å². The molecule has 0 aromatic heterocycles. The Morgan fingerprint density at radius 3 is 1.80 bits per heavy atom. The normalized spacial score (nSPS) is 18.5. The van der Waals surface area contributed by atoms with Crippen molar-refractivity contribution in [2.24, 2.45) is 0 Å². The number of rotatable bonds is 3. The third-order valence-corrected chi connectivity index (χ3v) is 5.21. The van der Waals surface area contributed by atoms with Crippen molar-refractivity contribution in [1.29, 1.82) is 0 Å². The molecule has 1 fully saturated rings. The molecule has 3 rings (SSSR count). The Balaban J connectivity index is 1.58. The van der Waals surface area contributed by atoms with E-state index < -0.39 is 0 Å². The van der Waals surface area contributed by atoms with E-state index >= 15 is 0 Å². The Hall–Kier alpha value is -2.32. The third-order valence-electron chi connectivity index (χ3n) is 5.21. The topological polar surface area (TPSA) is 86.2 Å². The van der Waals surface area contributed by atoms with Crippen molar-refractivity contribution < 1.29 is 14.2 Å². The molecule has 0 saturated carbocycles. The Morgan fingerprint density at radius 2 is 1.17 bits per heavy atom. The zero-order valence-electron chi connectivity index (χ0n) is 17.7. The van der Waals surface area contributed by atoms with Gasteiger partial charge in [0.2, 0.25) is 0 Å². The van der Waals surface area contributed by atoms with Crippen molar-refractivity contribution in [2.45, 2.75) is 6.54 Å². The molecule has 0 aliphatic carbocycles. The molecule has 1 aliphatic heterocycles. The van der Waals surface area contributed by atoms with E-state index in [1.54, 1.807) is 0 Å². The van der Waals surface area contributed by atoms with E-state index in [0.29, 0.717) is 39.6 Å². The second-order valence-electron chi connectivity index (χ2n) is 7.36. The molecule has 0 bridgehead atoms. The first-order valence-electron chi connectivity index (χ1n) is 10.6. The van der Waals surface area contributed by atoms with Crippen LogP contribution in [0.25, 0.3) is 0 Å². The number of hydrogen-bond acceptors (Lipinski definition) is 7. The van der Waals surface area contributed by atoms with Gasteiger partial charge in [0.15, 0.2) is 0 Å². The van der Waals surface area contributed by atoms with Crippen LogP contribution < -0.4 is 16.4 Å². The molecule has 0 unspecified atom stereocenters. The first-order valence-corrected chi connectivity index (χ1v) is 10.6. The molecular weight excluding hydrogens is 380 g/mol. The van der Waals surface area contributed by atoms with Gasteiger partial charge < -0.3 is 30.6 Å². The van der Waals surface area contributed by atoms with Crippen LogP contribution in [0.4, 0.5) is 17.1 Å². The van der Waals surface area contributed by atoms with Gasteiger partial charge in [0.05, 0.1) is 51.0 Å². The van der Waals surface area contributed by atoms with Gasteiger partial charge in [-0.05, 0) is 23.8 Å².